The van der Waals surface area contributed by atoms with Crippen LogP contribution in [-0.2, 0) is 4.74 Å². The van der Waals surface area contributed by atoms with E-state index in [-0.39, 0.29) is 23.7 Å². The zero-order valence-electron chi connectivity index (χ0n) is 16.6. The Morgan fingerprint density at radius 1 is 1.25 bits per heavy atom. The number of rotatable bonds is 5. The lowest BCUT2D eigenvalue weighted by molar-refractivity contribution is 0.0486. The van der Waals surface area contributed by atoms with Gasteiger partial charge in [0, 0.05) is 16.6 Å². The first-order valence-electron chi connectivity index (χ1n) is 9.44. The van der Waals surface area contributed by atoms with Gasteiger partial charge in [-0.1, -0.05) is 11.6 Å². The number of nitrogens with one attached hydrogen (secondary N) is 2. The highest BCUT2D eigenvalue weighted by molar-refractivity contribution is 9.10. The fraction of sp³-hybridized carbons (Fsp3) is 0.600. The molecule has 1 fully saturated rings. The maximum Gasteiger partial charge on any atom is 0.407 e. The van der Waals surface area contributed by atoms with Gasteiger partial charge in [-0.2, -0.15) is 0 Å². The molecular formula is C20H28BrClN2O4. The molecule has 0 radical (unpaired) electrons. The number of amides is 1. The molecule has 3 N–H and O–H groups in total. The van der Waals surface area contributed by atoms with Gasteiger partial charge < -0.3 is 20.5 Å². The summed E-state index contributed by atoms with van der Waals surface area (Å²) in [5, 5.41) is 16.0. The molecule has 28 heavy (non-hydrogen) atoms. The highest BCUT2D eigenvalue weighted by Crippen LogP contribution is 2.35. The average molecular weight is 476 g/mol. The Kier molecular flexibility index (Phi) is 7.62. The number of aromatic carboxylic acids is 1. The van der Waals surface area contributed by atoms with Gasteiger partial charge in [-0.25, -0.2) is 9.59 Å². The Bertz CT molecular complexity index is 728. The van der Waals surface area contributed by atoms with Gasteiger partial charge in [0.05, 0.1) is 16.3 Å². The number of hydrogen-bond acceptors (Lipinski definition) is 4. The Hall–Kier alpha value is -1.47. The molecule has 1 aromatic carbocycles. The lowest BCUT2D eigenvalue weighted by Gasteiger charge is -2.34. The van der Waals surface area contributed by atoms with Crippen molar-refractivity contribution in [3.63, 3.8) is 0 Å². The summed E-state index contributed by atoms with van der Waals surface area (Å²) in [6.45, 7) is 7.61. The van der Waals surface area contributed by atoms with Crippen LogP contribution < -0.4 is 10.6 Å². The van der Waals surface area contributed by atoms with Crippen LogP contribution in [-0.4, -0.2) is 34.9 Å². The molecule has 0 aliphatic heterocycles. The van der Waals surface area contributed by atoms with Crippen molar-refractivity contribution in [2.45, 2.75) is 71.1 Å². The summed E-state index contributed by atoms with van der Waals surface area (Å²) in [6, 6.07) is 3.29. The predicted molar refractivity (Wildman–Crippen MR) is 114 cm³/mol. The van der Waals surface area contributed by atoms with Crippen molar-refractivity contribution in [2.24, 2.45) is 5.92 Å². The van der Waals surface area contributed by atoms with Crippen molar-refractivity contribution in [1.82, 2.24) is 5.32 Å². The fourth-order valence-electron chi connectivity index (χ4n) is 3.42. The van der Waals surface area contributed by atoms with Crippen LogP contribution >= 0.6 is 27.5 Å². The smallest absolute Gasteiger partial charge is 0.407 e. The first kappa shape index (κ1) is 22.8. The van der Waals surface area contributed by atoms with Gasteiger partial charge in [0.15, 0.2) is 0 Å². The second-order valence-electron chi connectivity index (χ2n) is 8.32. The minimum atomic E-state index is -0.998. The molecular weight excluding hydrogens is 448 g/mol. The van der Waals surface area contributed by atoms with E-state index in [4.69, 9.17) is 16.3 Å². The molecule has 1 aliphatic rings. The monoisotopic (exact) mass is 474 g/mol. The third-order valence-corrected chi connectivity index (χ3v) is 6.12. The van der Waals surface area contributed by atoms with Gasteiger partial charge in [-0.3, -0.25) is 0 Å². The van der Waals surface area contributed by atoms with Crippen LogP contribution in [0.2, 0.25) is 5.02 Å². The molecule has 0 unspecified atom stereocenters. The van der Waals surface area contributed by atoms with Gasteiger partial charge in [0.1, 0.15) is 5.60 Å². The van der Waals surface area contributed by atoms with Crippen LogP contribution in [0.3, 0.4) is 0 Å². The molecule has 1 aliphatic carbocycles. The molecule has 1 atom stereocenters. The third kappa shape index (κ3) is 6.55. The minimum absolute atomic E-state index is 0.117. The van der Waals surface area contributed by atoms with E-state index in [1.165, 1.54) is 6.07 Å². The van der Waals surface area contributed by atoms with Crippen molar-refractivity contribution in [1.29, 1.82) is 0 Å². The number of carboxylic acids is 1. The van der Waals surface area contributed by atoms with Crippen molar-refractivity contribution < 1.29 is 19.4 Å². The van der Waals surface area contributed by atoms with Crippen molar-refractivity contribution in [3.05, 3.63) is 27.2 Å². The lowest BCUT2D eigenvalue weighted by atomic mass is 9.82. The summed E-state index contributed by atoms with van der Waals surface area (Å²) in [6.07, 6.45) is 3.28. The van der Waals surface area contributed by atoms with E-state index in [0.717, 1.165) is 25.7 Å². The van der Waals surface area contributed by atoms with Crippen LogP contribution in [0.5, 0.6) is 0 Å². The van der Waals surface area contributed by atoms with Crippen LogP contribution in [0, 0.1) is 5.92 Å². The molecule has 1 saturated carbocycles. The average Bonchev–Trinajstić information content (AvgIpc) is 2.57. The standard InChI is InChI=1S/C20H28BrClN2O4/c1-11(23-16-10-13(18(25)26)9-15(21)17(16)22)12-5-7-14(8-6-12)24-19(27)28-20(2,3)4/h9-12,14,23H,5-8H2,1-4H3,(H,24,27)(H,25,26)/t11-,12?,14?/m0/s1. The van der Waals surface area contributed by atoms with Gasteiger partial charge >= 0.3 is 12.1 Å². The summed E-state index contributed by atoms with van der Waals surface area (Å²) in [5.41, 5.74) is 0.281. The molecule has 1 amide bonds. The molecule has 156 valence electrons. The zero-order chi connectivity index (χ0) is 21.1. The Morgan fingerprint density at radius 3 is 2.39 bits per heavy atom. The normalized spacial score (nSPS) is 20.9. The van der Waals surface area contributed by atoms with E-state index >= 15 is 0 Å². The first-order valence-corrected chi connectivity index (χ1v) is 10.6. The first-order chi connectivity index (χ1) is 13.0. The van der Waals surface area contributed by atoms with Crippen LogP contribution in [0.25, 0.3) is 0 Å². The Morgan fingerprint density at radius 2 is 1.86 bits per heavy atom. The Labute approximate surface area is 179 Å². The van der Waals surface area contributed by atoms with Crippen molar-refractivity contribution in [2.75, 3.05) is 5.32 Å². The number of hydrogen-bond donors (Lipinski definition) is 3. The fourth-order valence-corrected chi connectivity index (χ4v) is 4.04. The van der Waals surface area contributed by atoms with Gasteiger partial charge in [-0.05, 0) is 87.4 Å². The van der Waals surface area contributed by atoms with Gasteiger partial charge in [0.25, 0.3) is 0 Å². The third-order valence-electron chi connectivity index (χ3n) is 4.86. The van der Waals surface area contributed by atoms with Crippen LogP contribution in [0.15, 0.2) is 16.6 Å². The number of carboxylic acid groups (broad SMARTS) is 1. The highest BCUT2D eigenvalue weighted by atomic mass is 79.9. The summed E-state index contributed by atoms with van der Waals surface area (Å²) in [7, 11) is 0. The summed E-state index contributed by atoms with van der Waals surface area (Å²) in [5.74, 6) is -0.596. The summed E-state index contributed by atoms with van der Waals surface area (Å²) < 4.78 is 5.87. The number of carbonyl (C=O) groups is 2. The molecule has 8 heteroatoms. The predicted octanol–water partition coefficient (Wildman–Crippen LogP) is 5.68. The molecule has 6 nitrogen and oxygen atoms in total. The van der Waals surface area contributed by atoms with E-state index in [1.807, 2.05) is 20.8 Å². The highest BCUT2D eigenvalue weighted by Gasteiger charge is 2.28. The maximum absolute atomic E-state index is 11.9. The van der Waals surface area contributed by atoms with Crippen molar-refractivity contribution >= 4 is 45.3 Å². The lowest BCUT2D eigenvalue weighted by Crippen LogP contribution is -2.42. The molecule has 1 aromatic rings. The number of carbonyl (C=O) groups excluding carboxylic acids is 1. The van der Waals surface area contributed by atoms with Crippen LogP contribution in [0.1, 0.15) is 63.7 Å². The van der Waals surface area contributed by atoms with Gasteiger partial charge in [0.2, 0.25) is 0 Å². The van der Waals surface area contributed by atoms with Gasteiger partial charge in [-0.15, -0.1) is 0 Å². The maximum atomic E-state index is 11.9. The molecule has 0 bridgehead atoms. The van der Waals surface area contributed by atoms with Crippen LogP contribution in [0.4, 0.5) is 10.5 Å². The number of halogens is 2. The largest absolute Gasteiger partial charge is 0.478 e. The van der Waals surface area contributed by atoms with E-state index in [1.54, 1.807) is 6.07 Å². The van der Waals surface area contributed by atoms with Crippen molar-refractivity contribution in [3.8, 4) is 0 Å². The molecule has 0 spiro atoms. The second-order valence-corrected chi connectivity index (χ2v) is 9.55. The number of benzene rings is 1. The van der Waals surface area contributed by atoms with E-state index in [0.29, 0.717) is 21.1 Å². The molecule has 2 rings (SSSR count). The summed E-state index contributed by atoms with van der Waals surface area (Å²) >= 11 is 9.64. The Balaban J connectivity index is 1.91. The van der Waals surface area contributed by atoms with E-state index < -0.39 is 11.6 Å². The van der Waals surface area contributed by atoms with E-state index in [2.05, 4.69) is 33.5 Å². The molecule has 0 aromatic heterocycles. The minimum Gasteiger partial charge on any atom is -0.478 e. The molecule has 0 saturated heterocycles. The number of alkyl carbamates (subject to hydrolysis) is 1. The van der Waals surface area contributed by atoms with E-state index in [9.17, 15) is 14.7 Å². The summed E-state index contributed by atoms with van der Waals surface area (Å²) in [4.78, 5) is 23.2. The number of ether oxygens (including phenoxy) is 1. The zero-order valence-corrected chi connectivity index (χ0v) is 19.0. The quantitative estimate of drug-likeness (QED) is 0.509. The SMILES string of the molecule is C[C@H](Nc1cc(C(=O)O)cc(Br)c1Cl)C1CCC(NC(=O)OC(C)(C)C)CC1. The topological polar surface area (TPSA) is 87.7 Å². The molecule has 0 heterocycles. The second kappa shape index (κ2) is 9.35. The number of anilines is 1.